The summed E-state index contributed by atoms with van der Waals surface area (Å²) in [5.41, 5.74) is -0.375. The predicted molar refractivity (Wildman–Crippen MR) is 46.5 cm³/mol. The number of alkyl halides is 3. The molecule has 84 valence electrons. The number of halogens is 3. The largest absolute Gasteiger partial charge is 0.454 e. The minimum absolute atomic E-state index is 0.0409. The number of nitrogens with zero attached hydrogens (tertiary/aromatic N) is 1. The van der Waals surface area contributed by atoms with Crippen LogP contribution in [0.15, 0.2) is 18.5 Å². The minimum Gasteiger partial charge on any atom is -0.396 e. The molecule has 0 aliphatic heterocycles. The lowest BCUT2D eigenvalue weighted by atomic mass is 10.2. The maximum Gasteiger partial charge on any atom is 0.454 e. The number of aromatic nitrogens is 1. The van der Waals surface area contributed by atoms with Crippen LogP contribution in [-0.2, 0) is 6.54 Å². The second-order valence-corrected chi connectivity index (χ2v) is 3.04. The Balaban J connectivity index is 2.72. The van der Waals surface area contributed by atoms with E-state index in [9.17, 15) is 18.0 Å². The quantitative estimate of drug-likeness (QED) is 0.785. The van der Waals surface area contributed by atoms with Gasteiger partial charge < -0.3 is 9.67 Å². The van der Waals surface area contributed by atoms with E-state index in [2.05, 4.69) is 0 Å². The van der Waals surface area contributed by atoms with Gasteiger partial charge in [-0.3, -0.25) is 4.79 Å². The van der Waals surface area contributed by atoms with Crippen molar-refractivity contribution in [3.63, 3.8) is 0 Å². The van der Waals surface area contributed by atoms with E-state index in [1.165, 1.54) is 10.8 Å². The molecule has 0 bridgehead atoms. The van der Waals surface area contributed by atoms with Crippen LogP contribution >= 0.6 is 0 Å². The second kappa shape index (κ2) is 4.48. The molecular weight excluding hydrogens is 211 g/mol. The Morgan fingerprint density at radius 3 is 2.67 bits per heavy atom. The van der Waals surface area contributed by atoms with E-state index in [1.807, 2.05) is 0 Å². The van der Waals surface area contributed by atoms with E-state index in [4.69, 9.17) is 5.11 Å². The van der Waals surface area contributed by atoms with Gasteiger partial charge in [-0.05, 0) is 12.5 Å². The van der Waals surface area contributed by atoms with Crippen LogP contribution in [0.5, 0.6) is 0 Å². The van der Waals surface area contributed by atoms with Gasteiger partial charge in [-0.1, -0.05) is 0 Å². The van der Waals surface area contributed by atoms with E-state index in [0.717, 1.165) is 12.3 Å². The van der Waals surface area contributed by atoms with Crippen LogP contribution in [0.25, 0.3) is 0 Å². The number of aliphatic hydroxyl groups excluding tert-OH is 1. The summed E-state index contributed by atoms with van der Waals surface area (Å²) < 4.78 is 37.4. The maximum absolute atomic E-state index is 12.0. The Hall–Kier alpha value is -1.30. The maximum atomic E-state index is 12.0. The van der Waals surface area contributed by atoms with Crippen LogP contribution < -0.4 is 0 Å². The standard InChI is InChI=1S/C9H10F3NO2/c10-9(11,12)8(15)7-2-4-13(6-7)3-1-5-14/h2,4,6,14H,1,3,5H2. The molecule has 0 aliphatic carbocycles. The number of rotatable bonds is 4. The van der Waals surface area contributed by atoms with Gasteiger partial charge in [0.15, 0.2) is 0 Å². The third kappa shape index (κ3) is 3.09. The number of carbonyl (C=O) groups excluding carboxylic acids is 1. The van der Waals surface area contributed by atoms with E-state index in [1.54, 1.807) is 0 Å². The Kier molecular flexibility index (Phi) is 3.52. The van der Waals surface area contributed by atoms with Crippen molar-refractivity contribution >= 4 is 5.78 Å². The summed E-state index contributed by atoms with van der Waals surface area (Å²) in [6.07, 6.45) is -1.88. The molecule has 1 aromatic heterocycles. The molecule has 0 aromatic carbocycles. The van der Waals surface area contributed by atoms with Crippen molar-refractivity contribution < 1.29 is 23.1 Å². The van der Waals surface area contributed by atoms with Crippen LogP contribution in [0.4, 0.5) is 13.2 Å². The topological polar surface area (TPSA) is 42.2 Å². The Morgan fingerprint density at radius 1 is 1.47 bits per heavy atom. The number of hydrogen-bond acceptors (Lipinski definition) is 2. The lowest BCUT2D eigenvalue weighted by Gasteiger charge is -2.02. The molecule has 0 amide bonds. The summed E-state index contributed by atoms with van der Waals surface area (Å²) >= 11 is 0. The lowest BCUT2D eigenvalue weighted by Crippen LogP contribution is -2.22. The molecule has 0 unspecified atom stereocenters. The second-order valence-electron chi connectivity index (χ2n) is 3.04. The Labute approximate surface area is 84.1 Å². The van der Waals surface area contributed by atoms with E-state index < -0.39 is 12.0 Å². The molecule has 0 fully saturated rings. The van der Waals surface area contributed by atoms with Gasteiger partial charge in [-0.15, -0.1) is 0 Å². The summed E-state index contributed by atoms with van der Waals surface area (Å²) in [4.78, 5) is 10.8. The molecule has 1 N–H and O–H groups in total. The highest BCUT2D eigenvalue weighted by atomic mass is 19.4. The van der Waals surface area contributed by atoms with E-state index in [0.29, 0.717) is 13.0 Å². The van der Waals surface area contributed by atoms with Gasteiger partial charge in [0.25, 0.3) is 5.78 Å². The molecule has 0 aliphatic rings. The van der Waals surface area contributed by atoms with E-state index in [-0.39, 0.29) is 12.2 Å². The van der Waals surface area contributed by atoms with Crippen LogP contribution in [0.1, 0.15) is 16.8 Å². The summed E-state index contributed by atoms with van der Waals surface area (Å²) in [6, 6.07) is 1.12. The number of Topliss-reactive ketones (excluding diaryl/α,β-unsaturated/α-hetero) is 1. The number of aliphatic hydroxyl groups is 1. The van der Waals surface area contributed by atoms with Gasteiger partial charge in [-0.2, -0.15) is 13.2 Å². The molecule has 0 atom stereocenters. The monoisotopic (exact) mass is 221 g/mol. The zero-order valence-corrected chi connectivity index (χ0v) is 7.79. The molecule has 0 saturated carbocycles. The Morgan fingerprint density at radius 2 is 2.13 bits per heavy atom. The summed E-state index contributed by atoms with van der Waals surface area (Å²) in [5.74, 6) is -1.84. The molecule has 0 saturated heterocycles. The number of hydrogen-bond donors (Lipinski definition) is 1. The highest BCUT2D eigenvalue weighted by Gasteiger charge is 2.39. The minimum atomic E-state index is -4.83. The van der Waals surface area contributed by atoms with Gasteiger partial charge in [0.1, 0.15) is 0 Å². The fourth-order valence-corrected chi connectivity index (χ4v) is 1.13. The molecule has 3 nitrogen and oxygen atoms in total. The normalized spacial score (nSPS) is 11.7. The van der Waals surface area contributed by atoms with Crippen LogP contribution in [-0.4, -0.2) is 28.2 Å². The van der Waals surface area contributed by atoms with Gasteiger partial charge in [0, 0.05) is 31.1 Å². The first kappa shape index (κ1) is 11.8. The predicted octanol–water partition coefficient (Wildman–Crippen LogP) is 1.62. The first-order valence-corrected chi connectivity index (χ1v) is 4.33. The average Bonchev–Trinajstić information content (AvgIpc) is 2.60. The number of ketones is 1. The molecule has 1 heterocycles. The van der Waals surface area contributed by atoms with Gasteiger partial charge in [-0.25, -0.2) is 0 Å². The summed E-state index contributed by atoms with van der Waals surface area (Å²) in [5, 5.41) is 8.51. The SMILES string of the molecule is O=C(c1ccn(CCCO)c1)C(F)(F)F. The van der Waals surface area contributed by atoms with Crippen molar-refractivity contribution in [3.05, 3.63) is 24.0 Å². The highest BCUT2D eigenvalue weighted by molar-refractivity contribution is 6.00. The summed E-state index contributed by atoms with van der Waals surface area (Å²) in [6.45, 7) is 0.350. The fourth-order valence-electron chi connectivity index (χ4n) is 1.13. The molecule has 1 rings (SSSR count). The lowest BCUT2D eigenvalue weighted by molar-refractivity contribution is -0.0885. The average molecular weight is 221 g/mol. The first-order valence-electron chi connectivity index (χ1n) is 4.33. The Bertz CT molecular complexity index is 343. The van der Waals surface area contributed by atoms with Gasteiger partial charge in [0.05, 0.1) is 0 Å². The van der Waals surface area contributed by atoms with Crippen molar-refractivity contribution in [1.82, 2.24) is 4.57 Å². The third-order valence-electron chi connectivity index (χ3n) is 1.84. The van der Waals surface area contributed by atoms with Crippen molar-refractivity contribution in [2.75, 3.05) is 6.61 Å². The molecule has 0 spiro atoms. The molecule has 15 heavy (non-hydrogen) atoms. The van der Waals surface area contributed by atoms with Crippen LogP contribution in [0, 0.1) is 0 Å². The fraction of sp³-hybridized carbons (Fsp3) is 0.444. The third-order valence-corrected chi connectivity index (χ3v) is 1.84. The van der Waals surface area contributed by atoms with Crippen LogP contribution in [0.2, 0.25) is 0 Å². The van der Waals surface area contributed by atoms with Gasteiger partial charge >= 0.3 is 6.18 Å². The highest BCUT2D eigenvalue weighted by Crippen LogP contribution is 2.21. The zero-order valence-electron chi connectivity index (χ0n) is 7.79. The molecular formula is C9H10F3NO2. The smallest absolute Gasteiger partial charge is 0.396 e. The number of carbonyl (C=O) groups is 1. The molecule has 6 heteroatoms. The summed E-state index contributed by atoms with van der Waals surface area (Å²) in [7, 11) is 0. The van der Waals surface area contributed by atoms with Crippen molar-refractivity contribution in [2.45, 2.75) is 19.1 Å². The van der Waals surface area contributed by atoms with Crippen molar-refractivity contribution in [1.29, 1.82) is 0 Å². The molecule has 1 aromatic rings. The van der Waals surface area contributed by atoms with Crippen molar-refractivity contribution in [3.8, 4) is 0 Å². The number of aryl methyl sites for hydroxylation is 1. The van der Waals surface area contributed by atoms with Crippen LogP contribution in [0.3, 0.4) is 0 Å². The first-order chi connectivity index (χ1) is 6.95. The van der Waals surface area contributed by atoms with Gasteiger partial charge in [0.2, 0.25) is 0 Å². The zero-order chi connectivity index (χ0) is 11.5. The van der Waals surface area contributed by atoms with E-state index >= 15 is 0 Å². The van der Waals surface area contributed by atoms with Crippen molar-refractivity contribution in [2.24, 2.45) is 0 Å². The molecule has 0 radical (unpaired) electrons.